The highest BCUT2D eigenvalue weighted by Gasteiger charge is 2.06. The summed E-state index contributed by atoms with van der Waals surface area (Å²) in [6.07, 6.45) is 16.1. The molecule has 0 aliphatic heterocycles. The molecule has 2 atom stereocenters. The van der Waals surface area contributed by atoms with Crippen LogP contribution in [0.3, 0.4) is 0 Å². The molecular weight excluding hydrogens is 292 g/mol. The second-order valence-corrected chi connectivity index (χ2v) is 8.65. The minimum absolute atomic E-state index is 0.297. The van der Waals surface area contributed by atoms with Gasteiger partial charge < -0.3 is 4.79 Å². The summed E-state index contributed by atoms with van der Waals surface area (Å²) in [7, 11) is 0. The minimum Gasteiger partial charge on any atom is -0.300 e. The summed E-state index contributed by atoms with van der Waals surface area (Å²) in [5.41, 5.74) is 1.46. The van der Waals surface area contributed by atoms with Crippen molar-refractivity contribution in [2.24, 2.45) is 17.8 Å². The van der Waals surface area contributed by atoms with Crippen molar-refractivity contribution in [3.8, 4) is 0 Å². The minimum atomic E-state index is 0.297. The number of hydrogen-bond donors (Lipinski definition) is 0. The molecule has 0 saturated heterocycles. The number of allylic oxidation sites excluding steroid dienone is 2. The fraction of sp³-hybridized carbons (Fsp3) is 0.870. The average molecular weight is 337 g/mol. The van der Waals surface area contributed by atoms with E-state index >= 15 is 0 Å². The van der Waals surface area contributed by atoms with Gasteiger partial charge >= 0.3 is 0 Å². The van der Waals surface area contributed by atoms with Crippen LogP contribution in [0.2, 0.25) is 0 Å². The van der Waals surface area contributed by atoms with Gasteiger partial charge in [0.1, 0.15) is 5.78 Å². The third-order valence-corrected chi connectivity index (χ3v) is 5.13. The van der Waals surface area contributed by atoms with E-state index in [1.807, 2.05) is 0 Å². The van der Waals surface area contributed by atoms with Gasteiger partial charge in [-0.3, -0.25) is 0 Å². The van der Waals surface area contributed by atoms with E-state index in [1.165, 1.54) is 63.4 Å². The van der Waals surface area contributed by atoms with E-state index in [1.54, 1.807) is 6.92 Å². The fourth-order valence-corrected chi connectivity index (χ4v) is 3.33. The van der Waals surface area contributed by atoms with Crippen LogP contribution < -0.4 is 0 Å². The first-order valence-corrected chi connectivity index (χ1v) is 10.5. The third kappa shape index (κ3) is 16.3. The van der Waals surface area contributed by atoms with Crippen molar-refractivity contribution in [2.45, 2.75) is 112 Å². The quantitative estimate of drug-likeness (QED) is 0.279. The molecule has 0 unspecified atom stereocenters. The summed E-state index contributed by atoms with van der Waals surface area (Å²) < 4.78 is 0. The lowest BCUT2D eigenvalue weighted by Crippen LogP contribution is -2.00. The lowest BCUT2D eigenvalue weighted by atomic mass is 9.91. The number of Topliss-reactive ketones (excluding diaryl/α,β-unsaturated/α-hetero) is 1. The molecule has 0 aromatic carbocycles. The zero-order valence-electron chi connectivity index (χ0n) is 17.5. The molecule has 0 aromatic rings. The molecule has 0 aromatic heterocycles. The van der Waals surface area contributed by atoms with Gasteiger partial charge in [0.25, 0.3) is 0 Å². The van der Waals surface area contributed by atoms with Crippen LogP contribution in [0, 0.1) is 17.8 Å². The van der Waals surface area contributed by atoms with Crippen molar-refractivity contribution < 1.29 is 4.79 Å². The van der Waals surface area contributed by atoms with Crippen molar-refractivity contribution in [1.29, 1.82) is 0 Å². The smallest absolute Gasteiger partial charge is 0.130 e. The van der Waals surface area contributed by atoms with Crippen LogP contribution in [0.1, 0.15) is 112 Å². The first-order chi connectivity index (χ1) is 11.3. The Bertz CT molecular complexity index is 340. The van der Waals surface area contributed by atoms with Gasteiger partial charge in [0.15, 0.2) is 0 Å². The Hall–Kier alpha value is -0.590. The normalized spacial score (nSPS) is 14.9. The van der Waals surface area contributed by atoms with Gasteiger partial charge in [-0.1, -0.05) is 84.3 Å². The Morgan fingerprint density at radius 3 is 1.75 bits per heavy atom. The van der Waals surface area contributed by atoms with Crippen molar-refractivity contribution >= 4 is 5.78 Å². The molecule has 0 aliphatic carbocycles. The third-order valence-electron chi connectivity index (χ3n) is 5.13. The summed E-state index contributed by atoms with van der Waals surface area (Å²) in [6.45, 7) is 13.4. The molecule has 0 radical (unpaired) electrons. The second-order valence-electron chi connectivity index (χ2n) is 8.65. The highest BCUT2D eigenvalue weighted by Crippen LogP contribution is 2.22. The maximum Gasteiger partial charge on any atom is 0.130 e. The molecule has 24 heavy (non-hydrogen) atoms. The number of carbonyl (C=O) groups excluding carboxylic acids is 1. The first kappa shape index (κ1) is 23.4. The van der Waals surface area contributed by atoms with Gasteiger partial charge in [0, 0.05) is 6.42 Å². The Labute approximate surface area is 152 Å². The van der Waals surface area contributed by atoms with Crippen LogP contribution >= 0.6 is 0 Å². The van der Waals surface area contributed by atoms with Crippen LogP contribution in [0.15, 0.2) is 11.6 Å². The SMILES string of the molecule is CC(=O)CC/C=C(\C)CCC[C@H](C)CCC[C@H](C)CCCC(C)C. The molecule has 0 fully saturated rings. The molecule has 0 N–H and O–H groups in total. The standard InChI is InChI=1S/C23H44O/c1-19(2)11-7-12-20(3)13-8-14-21(4)15-9-16-22(5)17-10-18-23(6)24/h17,19-21H,7-16,18H2,1-6H3/b22-17+/t20-,21-/m1/s1. The summed E-state index contributed by atoms with van der Waals surface area (Å²) in [6, 6.07) is 0. The fourth-order valence-electron chi connectivity index (χ4n) is 3.33. The number of carbonyl (C=O) groups is 1. The van der Waals surface area contributed by atoms with Crippen LogP contribution in [0.25, 0.3) is 0 Å². The Morgan fingerprint density at radius 2 is 1.25 bits per heavy atom. The maximum atomic E-state index is 10.9. The molecule has 0 aliphatic rings. The van der Waals surface area contributed by atoms with Crippen LogP contribution in [-0.2, 0) is 4.79 Å². The van der Waals surface area contributed by atoms with Crippen LogP contribution in [0.5, 0.6) is 0 Å². The van der Waals surface area contributed by atoms with E-state index in [9.17, 15) is 4.79 Å². The predicted octanol–water partition coefficient (Wildman–Crippen LogP) is 7.74. The molecule has 1 heteroatoms. The van der Waals surface area contributed by atoms with Gasteiger partial charge in [-0.2, -0.15) is 0 Å². The van der Waals surface area contributed by atoms with Gasteiger partial charge in [-0.05, 0) is 50.9 Å². The summed E-state index contributed by atoms with van der Waals surface area (Å²) >= 11 is 0. The summed E-state index contributed by atoms with van der Waals surface area (Å²) in [5, 5.41) is 0. The maximum absolute atomic E-state index is 10.9. The first-order valence-electron chi connectivity index (χ1n) is 10.5. The monoisotopic (exact) mass is 336 g/mol. The zero-order chi connectivity index (χ0) is 18.4. The van der Waals surface area contributed by atoms with Crippen LogP contribution in [-0.4, -0.2) is 5.78 Å². The van der Waals surface area contributed by atoms with E-state index in [-0.39, 0.29) is 0 Å². The van der Waals surface area contributed by atoms with Crippen molar-refractivity contribution in [3.05, 3.63) is 11.6 Å². The molecule has 0 saturated carbocycles. The van der Waals surface area contributed by atoms with E-state index < -0.39 is 0 Å². The largest absolute Gasteiger partial charge is 0.300 e. The Morgan fingerprint density at radius 1 is 0.750 bits per heavy atom. The van der Waals surface area contributed by atoms with Crippen molar-refractivity contribution in [2.75, 3.05) is 0 Å². The van der Waals surface area contributed by atoms with E-state index in [0.29, 0.717) is 12.2 Å². The number of ketones is 1. The molecule has 1 nitrogen and oxygen atoms in total. The molecular formula is C23H44O. The molecule has 0 spiro atoms. The lowest BCUT2D eigenvalue weighted by Gasteiger charge is -2.15. The van der Waals surface area contributed by atoms with Crippen molar-refractivity contribution in [1.82, 2.24) is 0 Å². The lowest BCUT2D eigenvalue weighted by molar-refractivity contribution is -0.116. The molecule has 0 amide bonds. The topological polar surface area (TPSA) is 17.1 Å². The van der Waals surface area contributed by atoms with Crippen LogP contribution in [0.4, 0.5) is 0 Å². The van der Waals surface area contributed by atoms with Gasteiger partial charge in [0.2, 0.25) is 0 Å². The molecule has 142 valence electrons. The van der Waals surface area contributed by atoms with E-state index in [2.05, 4.69) is 40.7 Å². The second kappa shape index (κ2) is 14.7. The molecule has 0 rings (SSSR count). The predicted molar refractivity (Wildman–Crippen MR) is 108 cm³/mol. The van der Waals surface area contributed by atoms with Gasteiger partial charge in [-0.15, -0.1) is 0 Å². The Kier molecular flexibility index (Phi) is 14.4. The Balaban J connectivity index is 3.61. The highest BCUT2D eigenvalue weighted by molar-refractivity contribution is 5.75. The molecule has 0 bridgehead atoms. The average Bonchev–Trinajstić information content (AvgIpc) is 2.46. The van der Waals surface area contributed by atoms with E-state index in [4.69, 9.17) is 0 Å². The highest BCUT2D eigenvalue weighted by atomic mass is 16.1. The van der Waals surface area contributed by atoms with Crippen molar-refractivity contribution in [3.63, 3.8) is 0 Å². The summed E-state index contributed by atoms with van der Waals surface area (Å²) in [4.78, 5) is 10.9. The van der Waals surface area contributed by atoms with Gasteiger partial charge in [0.05, 0.1) is 0 Å². The molecule has 0 heterocycles. The number of hydrogen-bond acceptors (Lipinski definition) is 1. The van der Waals surface area contributed by atoms with E-state index in [0.717, 1.165) is 24.2 Å². The zero-order valence-corrected chi connectivity index (χ0v) is 17.5. The number of rotatable bonds is 15. The van der Waals surface area contributed by atoms with Gasteiger partial charge in [-0.25, -0.2) is 0 Å². The summed E-state index contributed by atoms with van der Waals surface area (Å²) in [5.74, 6) is 2.92.